The highest BCUT2D eigenvalue weighted by Crippen LogP contribution is 2.32. The van der Waals surface area contributed by atoms with Crippen molar-refractivity contribution < 1.29 is 8.78 Å². The predicted octanol–water partition coefficient (Wildman–Crippen LogP) is 4.43. The van der Waals surface area contributed by atoms with Gasteiger partial charge in [-0.25, -0.2) is 8.78 Å². The molecule has 7 nitrogen and oxygen atoms in total. The number of aromatic nitrogens is 6. The van der Waals surface area contributed by atoms with E-state index in [2.05, 4.69) is 37.7 Å². The molecule has 0 spiro atoms. The molecular weight excluding hydrogens is 392 g/mol. The molecular formula is C16H13F2N7S2. The number of nitrogens with one attached hydrogen (secondary N) is 1. The lowest BCUT2D eigenvalue weighted by atomic mass is 10.1. The SMILES string of the molecule is Cc1ccc(Nc2nnc(Sc3ccc4nnc(C(F)F)n4n3)s2)cc1C. The Kier molecular flexibility index (Phi) is 4.70. The van der Waals surface area contributed by atoms with Crippen molar-refractivity contribution >= 4 is 39.6 Å². The number of benzene rings is 1. The molecule has 0 fully saturated rings. The molecule has 1 aromatic carbocycles. The van der Waals surface area contributed by atoms with Gasteiger partial charge in [-0.1, -0.05) is 17.4 Å². The number of halogens is 2. The lowest BCUT2D eigenvalue weighted by molar-refractivity contribution is 0.137. The summed E-state index contributed by atoms with van der Waals surface area (Å²) in [6, 6.07) is 9.32. The van der Waals surface area contributed by atoms with E-state index in [-0.39, 0.29) is 5.65 Å². The van der Waals surface area contributed by atoms with Crippen LogP contribution in [-0.2, 0) is 0 Å². The van der Waals surface area contributed by atoms with Gasteiger partial charge in [0.1, 0.15) is 5.03 Å². The van der Waals surface area contributed by atoms with Crippen LogP contribution in [0.3, 0.4) is 0 Å². The number of nitrogens with zero attached hydrogens (tertiary/aromatic N) is 6. The summed E-state index contributed by atoms with van der Waals surface area (Å²) in [6.07, 6.45) is -2.75. The quantitative estimate of drug-likeness (QED) is 0.526. The fourth-order valence-electron chi connectivity index (χ4n) is 2.31. The normalized spacial score (nSPS) is 11.4. The second-order valence-corrected chi connectivity index (χ2v) is 7.94. The van der Waals surface area contributed by atoms with Crippen LogP contribution in [0.4, 0.5) is 19.6 Å². The summed E-state index contributed by atoms with van der Waals surface area (Å²) >= 11 is 2.59. The van der Waals surface area contributed by atoms with E-state index in [1.807, 2.05) is 25.1 Å². The van der Waals surface area contributed by atoms with Crippen molar-refractivity contribution in [2.75, 3.05) is 5.32 Å². The molecule has 4 aromatic rings. The molecule has 0 unspecified atom stereocenters. The molecule has 0 atom stereocenters. The highest BCUT2D eigenvalue weighted by Gasteiger charge is 2.17. The average molecular weight is 405 g/mol. The first-order valence-corrected chi connectivity index (χ1v) is 9.49. The van der Waals surface area contributed by atoms with Gasteiger partial charge in [-0.3, -0.25) is 0 Å². The average Bonchev–Trinajstić information content (AvgIpc) is 3.24. The Balaban J connectivity index is 1.52. The van der Waals surface area contributed by atoms with Crippen molar-refractivity contribution in [2.45, 2.75) is 29.6 Å². The zero-order valence-corrected chi connectivity index (χ0v) is 15.9. The van der Waals surface area contributed by atoms with Gasteiger partial charge >= 0.3 is 0 Å². The van der Waals surface area contributed by atoms with E-state index < -0.39 is 12.2 Å². The molecule has 0 amide bonds. The summed E-state index contributed by atoms with van der Waals surface area (Å²) in [5.41, 5.74) is 3.59. The van der Waals surface area contributed by atoms with Crippen LogP contribution in [0.2, 0.25) is 0 Å². The standard InChI is InChI=1S/C16H13F2N7S2/c1-8-3-4-10(7-9(8)2)19-15-22-23-16(27-15)26-12-6-5-11-20-21-14(13(17)18)25(11)24-12/h3-7,13H,1-2H3,(H,19,22). The molecule has 1 N–H and O–H groups in total. The maximum Gasteiger partial charge on any atom is 0.299 e. The van der Waals surface area contributed by atoms with Crippen molar-refractivity contribution in [1.29, 1.82) is 0 Å². The van der Waals surface area contributed by atoms with Gasteiger partial charge in [0, 0.05) is 5.69 Å². The number of alkyl halides is 2. The highest BCUT2D eigenvalue weighted by molar-refractivity contribution is 8.01. The minimum atomic E-state index is -2.75. The maximum atomic E-state index is 13.0. The fraction of sp³-hybridized carbons (Fsp3) is 0.188. The third kappa shape index (κ3) is 3.74. The van der Waals surface area contributed by atoms with Crippen LogP contribution in [0.25, 0.3) is 5.65 Å². The molecule has 3 aromatic heterocycles. The van der Waals surface area contributed by atoms with Gasteiger partial charge in [-0.15, -0.1) is 20.4 Å². The van der Waals surface area contributed by atoms with E-state index in [9.17, 15) is 8.78 Å². The second-order valence-electron chi connectivity index (χ2n) is 5.70. The molecule has 0 saturated carbocycles. The van der Waals surface area contributed by atoms with Crippen LogP contribution < -0.4 is 5.32 Å². The zero-order valence-electron chi connectivity index (χ0n) is 14.2. The summed E-state index contributed by atoms with van der Waals surface area (Å²) in [5.74, 6) is -0.484. The van der Waals surface area contributed by atoms with Crippen molar-refractivity contribution in [3.8, 4) is 0 Å². The van der Waals surface area contributed by atoms with E-state index in [1.165, 1.54) is 34.2 Å². The minimum Gasteiger partial charge on any atom is -0.330 e. The van der Waals surface area contributed by atoms with E-state index in [4.69, 9.17) is 0 Å². The lowest BCUT2D eigenvalue weighted by Gasteiger charge is -2.05. The summed E-state index contributed by atoms with van der Waals surface area (Å²) < 4.78 is 27.6. The Labute approximate surface area is 160 Å². The maximum absolute atomic E-state index is 13.0. The number of aryl methyl sites for hydroxylation is 2. The van der Waals surface area contributed by atoms with Gasteiger partial charge in [-0.05, 0) is 61.0 Å². The van der Waals surface area contributed by atoms with Gasteiger partial charge in [0.05, 0.1) is 0 Å². The predicted molar refractivity (Wildman–Crippen MR) is 99.0 cm³/mol. The van der Waals surface area contributed by atoms with Crippen LogP contribution in [0.15, 0.2) is 39.7 Å². The number of fused-ring (bicyclic) bond motifs is 1. The third-order valence-corrected chi connectivity index (χ3v) is 5.63. The number of hydrogen-bond acceptors (Lipinski definition) is 8. The Hall–Kier alpha value is -2.66. The molecule has 138 valence electrons. The van der Waals surface area contributed by atoms with Crippen LogP contribution in [0, 0.1) is 13.8 Å². The van der Waals surface area contributed by atoms with E-state index >= 15 is 0 Å². The molecule has 27 heavy (non-hydrogen) atoms. The second kappa shape index (κ2) is 7.16. The summed E-state index contributed by atoms with van der Waals surface area (Å²) in [5, 5.41) is 23.9. The van der Waals surface area contributed by atoms with Crippen LogP contribution in [0.1, 0.15) is 23.4 Å². The summed E-state index contributed by atoms with van der Waals surface area (Å²) in [4.78, 5) is 0. The molecule has 11 heteroatoms. The zero-order chi connectivity index (χ0) is 19.0. The Morgan fingerprint density at radius 2 is 1.89 bits per heavy atom. The Bertz CT molecular complexity index is 1110. The topological polar surface area (TPSA) is 80.9 Å². The molecule has 3 heterocycles. The smallest absolute Gasteiger partial charge is 0.299 e. The number of anilines is 2. The van der Waals surface area contributed by atoms with Gasteiger partial charge in [0.2, 0.25) is 11.0 Å². The molecule has 0 bridgehead atoms. The van der Waals surface area contributed by atoms with Gasteiger partial charge in [0.25, 0.3) is 6.43 Å². The lowest BCUT2D eigenvalue weighted by Crippen LogP contribution is -2.00. The molecule has 0 aliphatic carbocycles. The monoisotopic (exact) mass is 405 g/mol. The first-order valence-electron chi connectivity index (χ1n) is 7.86. The highest BCUT2D eigenvalue weighted by atomic mass is 32.2. The van der Waals surface area contributed by atoms with Gasteiger partial charge < -0.3 is 5.32 Å². The van der Waals surface area contributed by atoms with Crippen LogP contribution in [-0.4, -0.2) is 30.0 Å². The van der Waals surface area contributed by atoms with E-state index in [0.717, 1.165) is 10.2 Å². The number of hydrogen-bond donors (Lipinski definition) is 1. The summed E-state index contributed by atoms with van der Waals surface area (Å²) in [6.45, 7) is 4.10. The molecule has 0 aliphatic heterocycles. The van der Waals surface area contributed by atoms with Crippen molar-refractivity contribution in [2.24, 2.45) is 0 Å². The molecule has 4 rings (SSSR count). The van der Waals surface area contributed by atoms with Gasteiger partial charge in [-0.2, -0.15) is 9.61 Å². The molecule has 0 radical (unpaired) electrons. The fourth-order valence-corrected chi connectivity index (χ4v) is 3.99. The van der Waals surface area contributed by atoms with E-state index in [1.54, 1.807) is 12.1 Å². The third-order valence-electron chi connectivity index (χ3n) is 3.81. The first-order chi connectivity index (χ1) is 13.0. The largest absolute Gasteiger partial charge is 0.330 e. The van der Waals surface area contributed by atoms with Crippen molar-refractivity contribution in [3.63, 3.8) is 0 Å². The van der Waals surface area contributed by atoms with Crippen LogP contribution >= 0.6 is 23.1 Å². The first kappa shape index (κ1) is 17.7. The molecule has 0 saturated heterocycles. The number of rotatable bonds is 5. The van der Waals surface area contributed by atoms with Gasteiger partial charge in [0.15, 0.2) is 9.99 Å². The Morgan fingerprint density at radius 1 is 1.04 bits per heavy atom. The van der Waals surface area contributed by atoms with Crippen molar-refractivity contribution in [1.82, 2.24) is 30.0 Å². The molecule has 0 aliphatic rings. The summed E-state index contributed by atoms with van der Waals surface area (Å²) in [7, 11) is 0. The van der Waals surface area contributed by atoms with E-state index in [0.29, 0.717) is 14.5 Å². The van der Waals surface area contributed by atoms with Crippen molar-refractivity contribution in [3.05, 3.63) is 47.3 Å². The minimum absolute atomic E-state index is 0.268. The Morgan fingerprint density at radius 3 is 2.67 bits per heavy atom. The van der Waals surface area contributed by atoms with Crippen LogP contribution in [0.5, 0.6) is 0 Å².